The van der Waals surface area contributed by atoms with Crippen molar-refractivity contribution in [1.29, 1.82) is 0 Å². The van der Waals surface area contributed by atoms with Crippen LogP contribution < -0.4 is 20.9 Å². The molecule has 11 heteroatoms. The fourth-order valence-electron chi connectivity index (χ4n) is 5.33. The number of amides is 3. The zero-order valence-corrected chi connectivity index (χ0v) is 26.8. The molecule has 3 aromatic rings. The first-order valence-corrected chi connectivity index (χ1v) is 16.1. The molecule has 0 aliphatic carbocycles. The molecule has 4 rings (SSSR count). The molecule has 0 saturated carbocycles. The van der Waals surface area contributed by atoms with Crippen LogP contribution in [0.4, 0.5) is 31.0 Å². The molecule has 1 aliphatic rings. The number of rotatable bonds is 16. The Hall–Kier alpha value is -4.12. The van der Waals surface area contributed by atoms with Gasteiger partial charge in [0.15, 0.2) is 5.82 Å². The fourth-order valence-corrected chi connectivity index (χ4v) is 5.33. The highest BCUT2D eigenvalue weighted by Crippen LogP contribution is 2.39. The van der Waals surface area contributed by atoms with Crippen LogP contribution in [0, 0.1) is 18.6 Å². The van der Waals surface area contributed by atoms with Gasteiger partial charge >= 0.3 is 6.03 Å². The second-order valence-electron chi connectivity index (χ2n) is 11.4. The molecule has 242 valence electrons. The van der Waals surface area contributed by atoms with E-state index in [2.05, 4.69) is 39.7 Å². The van der Waals surface area contributed by atoms with Gasteiger partial charge in [0.25, 0.3) is 5.91 Å². The van der Waals surface area contributed by atoms with Crippen LogP contribution in [0.2, 0.25) is 0 Å². The van der Waals surface area contributed by atoms with Gasteiger partial charge in [0.05, 0.1) is 12.2 Å². The second-order valence-corrected chi connectivity index (χ2v) is 11.4. The summed E-state index contributed by atoms with van der Waals surface area (Å²) in [4.78, 5) is 39.0. The number of benzene rings is 2. The maximum Gasteiger partial charge on any atom is 0.328 e. The maximum atomic E-state index is 15.1. The van der Waals surface area contributed by atoms with Crippen LogP contribution in [0.5, 0.6) is 0 Å². The Labute approximate surface area is 264 Å². The number of unbranched alkanes of at least 4 members (excludes halogenated alkanes) is 2. The van der Waals surface area contributed by atoms with Gasteiger partial charge in [-0.2, -0.15) is 4.98 Å². The lowest BCUT2D eigenvalue weighted by Gasteiger charge is -2.31. The van der Waals surface area contributed by atoms with Crippen molar-refractivity contribution in [3.63, 3.8) is 0 Å². The SMILES string of the molecule is CCCCN(CCCC)CCCNc1nc(-c2cc(C(=O)NCCC)ccc2C)c2c(n1)N(c1c(F)cccc1F)C(=O)NC2. The average molecular weight is 622 g/mol. The van der Waals surface area contributed by atoms with E-state index in [4.69, 9.17) is 4.98 Å². The van der Waals surface area contributed by atoms with Gasteiger partial charge in [0, 0.05) is 29.8 Å². The summed E-state index contributed by atoms with van der Waals surface area (Å²) in [7, 11) is 0. The molecular formula is C34H45F2N7O2. The topological polar surface area (TPSA) is 102 Å². The minimum absolute atomic E-state index is 0.0475. The van der Waals surface area contributed by atoms with Crippen LogP contribution in [0.3, 0.4) is 0 Å². The predicted molar refractivity (Wildman–Crippen MR) is 175 cm³/mol. The van der Waals surface area contributed by atoms with E-state index in [1.165, 1.54) is 6.07 Å². The van der Waals surface area contributed by atoms with Crippen LogP contribution >= 0.6 is 0 Å². The molecule has 0 fully saturated rings. The van der Waals surface area contributed by atoms with E-state index in [1.807, 2.05) is 19.9 Å². The third kappa shape index (κ3) is 8.33. The monoisotopic (exact) mass is 621 g/mol. The van der Waals surface area contributed by atoms with Crippen molar-refractivity contribution >= 4 is 29.4 Å². The molecule has 2 aromatic carbocycles. The number of carbonyl (C=O) groups is 2. The Kier molecular flexibility index (Phi) is 12.2. The number of carbonyl (C=O) groups excluding carboxylic acids is 2. The van der Waals surface area contributed by atoms with Crippen molar-refractivity contribution in [2.45, 2.75) is 72.8 Å². The number of nitrogens with zero attached hydrogens (tertiary/aromatic N) is 4. The smallest absolute Gasteiger partial charge is 0.328 e. The summed E-state index contributed by atoms with van der Waals surface area (Å²) < 4.78 is 30.1. The zero-order valence-electron chi connectivity index (χ0n) is 26.8. The summed E-state index contributed by atoms with van der Waals surface area (Å²) in [6.07, 6.45) is 6.21. The van der Waals surface area contributed by atoms with Gasteiger partial charge in [-0.05, 0) is 82.1 Å². The molecule has 3 amide bonds. The molecule has 0 spiro atoms. The van der Waals surface area contributed by atoms with Crippen molar-refractivity contribution in [2.24, 2.45) is 0 Å². The van der Waals surface area contributed by atoms with Crippen molar-refractivity contribution in [3.05, 3.63) is 64.7 Å². The zero-order chi connectivity index (χ0) is 32.3. The molecule has 1 aromatic heterocycles. The number of fused-ring (bicyclic) bond motifs is 1. The summed E-state index contributed by atoms with van der Waals surface area (Å²) in [6, 6.07) is 8.11. The van der Waals surface area contributed by atoms with Crippen LogP contribution in [0.25, 0.3) is 11.3 Å². The Morgan fingerprint density at radius 3 is 2.31 bits per heavy atom. The first-order chi connectivity index (χ1) is 21.8. The highest BCUT2D eigenvalue weighted by atomic mass is 19.1. The average Bonchev–Trinajstić information content (AvgIpc) is 3.03. The van der Waals surface area contributed by atoms with E-state index in [0.717, 1.165) is 80.8 Å². The van der Waals surface area contributed by atoms with Crippen molar-refractivity contribution in [3.8, 4) is 11.3 Å². The number of anilines is 3. The highest BCUT2D eigenvalue weighted by Gasteiger charge is 2.34. The Morgan fingerprint density at radius 2 is 1.64 bits per heavy atom. The molecule has 0 atom stereocenters. The molecule has 0 saturated heterocycles. The van der Waals surface area contributed by atoms with Gasteiger partial charge < -0.3 is 20.9 Å². The van der Waals surface area contributed by atoms with E-state index in [1.54, 1.807) is 12.1 Å². The highest BCUT2D eigenvalue weighted by molar-refractivity contribution is 6.02. The number of aryl methyl sites for hydroxylation is 1. The van der Waals surface area contributed by atoms with Gasteiger partial charge in [-0.1, -0.05) is 45.7 Å². The van der Waals surface area contributed by atoms with E-state index in [9.17, 15) is 9.59 Å². The molecule has 1 aliphatic heterocycles. The van der Waals surface area contributed by atoms with Gasteiger partial charge in [-0.25, -0.2) is 23.5 Å². The summed E-state index contributed by atoms with van der Waals surface area (Å²) in [5.41, 5.74) is 2.41. The number of aromatic nitrogens is 2. The number of urea groups is 1. The summed E-state index contributed by atoms with van der Waals surface area (Å²) in [5, 5.41) is 8.92. The number of hydrogen-bond acceptors (Lipinski definition) is 6. The summed E-state index contributed by atoms with van der Waals surface area (Å²) in [5.74, 6) is -1.68. The molecule has 0 bridgehead atoms. The van der Waals surface area contributed by atoms with Crippen LogP contribution in [0.1, 0.15) is 80.8 Å². The lowest BCUT2D eigenvalue weighted by atomic mass is 9.97. The van der Waals surface area contributed by atoms with Gasteiger partial charge in [0.2, 0.25) is 5.95 Å². The lowest BCUT2D eigenvalue weighted by molar-refractivity contribution is 0.0953. The van der Waals surface area contributed by atoms with E-state index < -0.39 is 23.4 Å². The molecule has 0 unspecified atom stereocenters. The third-order valence-electron chi connectivity index (χ3n) is 7.86. The van der Waals surface area contributed by atoms with E-state index in [-0.39, 0.29) is 24.2 Å². The van der Waals surface area contributed by atoms with Gasteiger partial charge in [-0.15, -0.1) is 0 Å². The first-order valence-electron chi connectivity index (χ1n) is 16.1. The maximum absolute atomic E-state index is 15.1. The quantitative estimate of drug-likeness (QED) is 0.150. The largest absolute Gasteiger partial charge is 0.354 e. The number of nitrogens with one attached hydrogen (secondary N) is 3. The normalized spacial score (nSPS) is 12.7. The second kappa shape index (κ2) is 16.3. The van der Waals surface area contributed by atoms with Crippen LogP contribution in [0.15, 0.2) is 36.4 Å². The fraction of sp³-hybridized carbons (Fsp3) is 0.471. The standard InChI is InChI=1S/C34H45F2N7O2/c1-5-8-18-42(19-9-6-2)20-11-17-38-33-40-29(25-21-24(15-14-23(25)4)32(44)37-16-7-3)26-22-39-34(45)43(31(26)41-33)30-27(35)12-10-13-28(30)36/h10,12-15,21H,5-9,11,16-20,22H2,1-4H3,(H,37,44)(H,39,45)(H,38,40,41). The minimum Gasteiger partial charge on any atom is -0.354 e. The van der Waals surface area contributed by atoms with Crippen molar-refractivity contribution in [2.75, 3.05) is 42.9 Å². The molecule has 2 heterocycles. The Morgan fingerprint density at radius 1 is 0.956 bits per heavy atom. The van der Waals surface area contributed by atoms with E-state index >= 15 is 8.78 Å². The lowest BCUT2D eigenvalue weighted by Crippen LogP contribution is -2.43. The summed E-state index contributed by atoms with van der Waals surface area (Å²) >= 11 is 0. The van der Waals surface area contributed by atoms with E-state index in [0.29, 0.717) is 35.5 Å². The number of hydrogen-bond donors (Lipinski definition) is 3. The van der Waals surface area contributed by atoms with Crippen molar-refractivity contribution < 1.29 is 18.4 Å². The third-order valence-corrected chi connectivity index (χ3v) is 7.86. The van der Waals surface area contributed by atoms with Crippen molar-refractivity contribution in [1.82, 2.24) is 25.5 Å². The molecular weight excluding hydrogens is 576 g/mol. The van der Waals surface area contributed by atoms with Gasteiger partial charge in [0.1, 0.15) is 17.3 Å². The molecule has 3 N–H and O–H groups in total. The molecule has 45 heavy (non-hydrogen) atoms. The Bertz CT molecular complexity index is 1450. The number of halogens is 2. The first kappa shape index (κ1) is 33.8. The van der Waals surface area contributed by atoms with Crippen LogP contribution in [-0.4, -0.2) is 59.5 Å². The Balaban J connectivity index is 1.74. The number of para-hydroxylation sites is 1. The van der Waals surface area contributed by atoms with Crippen LogP contribution in [-0.2, 0) is 6.54 Å². The molecule has 9 nitrogen and oxygen atoms in total. The van der Waals surface area contributed by atoms with Gasteiger partial charge in [-0.3, -0.25) is 4.79 Å². The predicted octanol–water partition coefficient (Wildman–Crippen LogP) is 6.94. The molecule has 0 radical (unpaired) electrons. The minimum atomic E-state index is -0.891. The summed E-state index contributed by atoms with van der Waals surface area (Å²) in [6.45, 7) is 12.4.